The number of para-hydroxylation sites is 1. The van der Waals surface area contributed by atoms with Gasteiger partial charge in [0.05, 0.1) is 21.9 Å². The Morgan fingerprint density at radius 1 is 1.37 bits per heavy atom. The molecular weight excluding hydrogens is 308 g/mol. The molecule has 0 fully saturated rings. The Morgan fingerprint density at radius 3 is 2.84 bits per heavy atom. The van der Waals surface area contributed by atoms with E-state index < -0.39 is 0 Å². The van der Waals surface area contributed by atoms with Crippen molar-refractivity contribution < 1.29 is 4.42 Å². The number of halogens is 1. The van der Waals surface area contributed by atoms with Gasteiger partial charge in [0.15, 0.2) is 0 Å². The number of benzene rings is 1. The van der Waals surface area contributed by atoms with Gasteiger partial charge in [-0.2, -0.15) is 5.10 Å². The van der Waals surface area contributed by atoms with E-state index in [4.69, 9.17) is 10.3 Å². The first-order valence-electron chi connectivity index (χ1n) is 5.83. The predicted octanol–water partition coefficient (Wildman–Crippen LogP) is 2.48. The Labute approximate surface area is 118 Å². The Kier molecular flexibility index (Phi) is 3.14. The normalized spacial score (nSPS) is 13.0. The lowest BCUT2D eigenvalue weighted by Crippen LogP contribution is -2.29. The molecule has 3 N–H and O–H groups in total. The highest BCUT2D eigenvalue weighted by molar-refractivity contribution is 9.10. The van der Waals surface area contributed by atoms with Crippen molar-refractivity contribution in [2.75, 3.05) is 0 Å². The van der Waals surface area contributed by atoms with Gasteiger partial charge in [0.1, 0.15) is 11.8 Å². The lowest BCUT2D eigenvalue weighted by molar-refractivity contribution is 0.444. The molecule has 2 aromatic heterocycles. The summed E-state index contributed by atoms with van der Waals surface area (Å²) in [6.45, 7) is 0. The smallest absolute Gasteiger partial charge is 0.142 e. The number of fused-ring (bicyclic) bond motifs is 1. The van der Waals surface area contributed by atoms with E-state index >= 15 is 0 Å². The standard InChI is InChI=1S/C13H13BrN4O/c1-18-10-5-3-2-4-8(10)11(17-18)12(16-15)13-9(14)6-7-19-13/h2-7,12,16H,15H2,1H3. The molecule has 2 heterocycles. The van der Waals surface area contributed by atoms with Crippen molar-refractivity contribution in [1.29, 1.82) is 0 Å². The summed E-state index contributed by atoms with van der Waals surface area (Å²) in [7, 11) is 1.91. The highest BCUT2D eigenvalue weighted by atomic mass is 79.9. The van der Waals surface area contributed by atoms with E-state index in [1.54, 1.807) is 6.26 Å². The zero-order chi connectivity index (χ0) is 13.4. The molecule has 0 aliphatic carbocycles. The quantitative estimate of drug-likeness (QED) is 0.574. The lowest BCUT2D eigenvalue weighted by atomic mass is 10.1. The molecule has 0 radical (unpaired) electrons. The number of aryl methyl sites for hydroxylation is 1. The van der Waals surface area contributed by atoms with E-state index in [2.05, 4.69) is 26.5 Å². The van der Waals surface area contributed by atoms with Crippen LogP contribution in [0.2, 0.25) is 0 Å². The number of hydrogen-bond donors (Lipinski definition) is 2. The van der Waals surface area contributed by atoms with Gasteiger partial charge in [0, 0.05) is 12.4 Å². The molecule has 0 spiro atoms. The molecule has 0 aliphatic rings. The van der Waals surface area contributed by atoms with Gasteiger partial charge in [-0.25, -0.2) is 5.43 Å². The van der Waals surface area contributed by atoms with Crippen LogP contribution in [0.1, 0.15) is 17.5 Å². The average molecular weight is 321 g/mol. The molecule has 1 unspecified atom stereocenters. The zero-order valence-electron chi connectivity index (χ0n) is 10.3. The van der Waals surface area contributed by atoms with Crippen LogP contribution in [-0.2, 0) is 7.05 Å². The Hall–Kier alpha value is -1.63. The highest BCUT2D eigenvalue weighted by Crippen LogP contribution is 2.32. The minimum absolute atomic E-state index is 0.296. The molecule has 19 heavy (non-hydrogen) atoms. The summed E-state index contributed by atoms with van der Waals surface area (Å²) in [5.41, 5.74) is 4.67. The maximum atomic E-state index is 5.69. The van der Waals surface area contributed by atoms with E-state index in [-0.39, 0.29) is 6.04 Å². The molecule has 5 nitrogen and oxygen atoms in total. The summed E-state index contributed by atoms with van der Waals surface area (Å²) in [5, 5.41) is 5.60. The number of nitrogens with two attached hydrogens (primary N) is 1. The van der Waals surface area contributed by atoms with Crippen molar-refractivity contribution >= 4 is 26.8 Å². The van der Waals surface area contributed by atoms with Crippen molar-refractivity contribution in [1.82, 2.24) is 15.2 Å². The maximum Gasteiger partial charge on any atom is 0.142 e. The highest BCUT2D eigenvalue weighted by Gasteiger charge is 2.24. The van der Waals surface area contributed by atoms with Gasteiger partial charge in [-0.3, -0.25) is 10.5 Å². The van der Waals surface area contributed by atoms with Gasteiger partial charge in [0.25, 0.3) is 0 Å². The first kappa shape index (κ1) is 12.4. The number of hydrogen-bond acceptors (Lipinski definition) is 4. The van der Waals surface area contributed by atoms with E-state index in [0.717, 1.165) is 21.1 Å². The van der Waals surface area contributed by atoms with Crippen LogP contribution in [0.15, 0.2) is 45.5 Å². The molecule has 1 atom stereocenters. The van der Waals surface area contributed by atoms with Crippen LogP contribution in [0.4, 0.5) is 0 Å². The summed E-state index contributed by atoms with van der Waals surface area (Å²) in [6, 6.07) is 9.57. The van der Waals surface area contributed by atoms with Crippen molar-refractivity contribution in [3.05, 3.63) is 52.5 Å². The van der Waals surface area contributed by atoms with Crippen LogP contribution in [0.5, 0.6) is 0 Å². The number of rotatable bonds is 3. The molecular formula is C13H13BrN4O. The van der Waals surface area contributed by atoms with E-state index in [1.165, 1.54) is 0 Å². The zero-order valence-corrected chi connectivity index (χ0v) is 11.9. The maximum absolute atomic E-state index is 5.69. The second-order valence-electron chi connectivity index (χ2n) is 4.26. The molecule has 0 amide bonds. The molecule has 1 aromatic carbocycles. The number of nitrogens with zero attached hydrogens (tertiary/aromatic N) is 2. The first-order chi connectivity index (χ1) is 9.22. The number of furan rings is 1. The molecule has 98 valence electrons. The number of nitrogens with one attached hydrogen (secondary N) is 1. The van der Waals surface area contributed by atoms with Crippen LogP contribution >= 0.6 is 15.9 Å². The van der Waals surface area contributed by atoms with Gasteiger partial charge < -0.3 is 4.42 Å². The van der Waals surface area contributed by atoms with Gasteiger partial charge in [0.2, 0.25) is 0 Å². The summed E-state index contributed by atoms with van der Waals surface area (Å²) >= 11 is 3.45. The summed E-state index contributed by atoms with van der Waals surface area (Å²) in [4.78, 5) is 0. The lowest BCUT2D eigenvalue weighted by Gasteiger charge is -2.11. The molecule has 0 bridgehead atoms. The third-order valence-corrected chi connectivity index (χ3v) is 3.79. The Balaban J connectivity index is 2.20. The van der Waals surface area contributed by atoms with E-state index in [1.807, 2.05) is 42.1 Å². The van der Waals surface area contributed by atoms with Gasteiger partial charge >= 0.3 is 0 Å². The van der Waals surface area contributed by atoms with Gasteiger partial charge in [-0.05, 0) is 28.1 Å². The molecule has 0 aliphatic heterocycles. The third kappa shape index (κ3) is 1.98. The fourth-order valence-corrected chi connectivity index (χ4v) is 2.68. The van der Waals surface area contributed by atoms with Gasteiger partial charge in [-0.1, -0.05) is 18.2 Å². The second-order valence-corrected chi connectivity index (χ2v) is 5.11. The van der Waals surface area contributed by atoms with Crippen molar-refractivity contribution in [3.8, 4) is 0 Å². The Bertz CT molecular complexity index is 718. The first-order valence-corrected chi connectivity index (χ1v) is 6.62. The summed E-state index contributed by atoms with van der Waals surface area (Å²) in [5.74, 6) is 6.40. The minimum atomic E-state index is -0.296. The molecule has 0 saturated heterocycles. The van der Waals surface area contributed by atoms with Crippen molar-refractivity contribution in [2.45, 2.75) is 6.04 Å². The fourth-order valence-electron chi connectivity index (χ4n) is 2.25. The predicted molar refractivity (Wildman–Crippen MR) is 76.3 cm³/mol. The van der Waals surface area contributed by atoms with Crippen LogP contribution in [-0.4, -0.2) is 9.78 Å². The average Bonchev–Trinajstić information content (AvgIpc) is 2.98. The largest absolute Gasteiger partial charge is 0.466 e. The van der Waals surface area contributed by atoms with Crippen molar-refractivity contribution in [3.63, 3.8) is 0 Å². The third-order valence-electron chi connectivity index (χ3n) is 3.13. The van der Waals surface area contributed by atoms with Crippen LogP contribution in [0.25, 0.3) is 10.9 Å². The van der Waals surface area contributed by atoms with E-state index in [0.29, 0.717) is 5.76 Å². The van der Waals surface area contributed by atoms with Crippen molar-refractivity contribution in [2.24, 2.45) is 12.9 Å². The van der Waals surface area contributed by atoms with Crippen LogP contribution < -0.4 is 11.3 Å². The molecule has 3 aromatic rings. The minimum Gasteiger partial charge on any atom is -0.466 e. The van der Waals surface area contributed by atoms with E-state index in [9.17, 15) is 0 Å². The van der Waals surface area contributed by atoms with Crippen LogP contribution in [0.3, 0.4) is 0 Å². The fraction of sp³-hybridized carbons (Fsp3) is 0.154. The molecule has 0 saturated carbocycles. The van der Waals surface area contributed by atoms with Crippen LogP contribution in [0, 0.1) is 0 Å². The number of aromatic nitrogens is 2. The number of hydrazine groups is 1. The van der Waals surface area contributed by atoms with Gasteiger partial charge in [-0.15, -0.1) is 0 Å². The summed E-state index contributed by atoms with van der Waals surface area (Å²) < 4.78 is 8.20. The molecule has 3 rings (SSSR count). The monoisotopic (exact) mass is 320 g/mol. The SMILES string of the molecule is Cn1nc(C(NN)c2occc2Br)c2ccccc21. The Morgan fingerprint density at radius 2 is 2.16 bits per heavy atom. The summed E-state index contributed by atoms with van der Waals surface area (Å²) in [6.07, 6.45) is 1.62. The second kappa shape index (κ2) is 4.80. The topological polar surface area (TPSA) is 69.0 Å². The molecule has 6 heteroatoms.